The van der Waals surface area contributed by atoms with Gasteiger partial charge in [-0.3, -0.25) is 4.90 Å². The Hall–Kier alpha value is -4.30. The highest BCUT2D eigenvalue weighted by molar-refractivity contribution is 5.97. The monoisotopic (exact) mass is 544 g/mol. The average Bonchev–Trinajstić information content (AvgIpc) is 3.24. The van der Waals surface area contributed by atoms with Crippen molar-refractivity contribution in [1.82, 2.24) is 4.90 Å². The minimum Gasteiger partial charge on any atom is -0.456 e. The zero-order valence-electron chi connectivity index (χ0n) is 22.0. The number of carbonyl (C=O) groups excluding carboxylic acids is 1. The average molecular weight is 545 g/mol. The third kappa shape index (κ3) is 4.29. The van der Waals surface area contributed by atoms with Gasteiger partial charge in [0.25, 0.3) is 0 Å². The molecule has 4 aromatic rings. The summed E-state index contributed by atoms with van der Waals surface area (Å²) in [6.45, 7) is 6.83. The van der Waals surface area contributed by atoms with Gasteiger partial charge in [-0.25, -0.2) is 4.79 Å². The van der Waals surface area contributed by atoms with E-state index in [4.69, 9.17) is 9.47 Å². The second kappa shape index (κ2) is 9.71. The molecule has 204 valence electrons. The number of esters is 1. The molecule has 1 spiro atoms. The fraction of sp³-hybridized carbons (Fsp3) is 0.219. The lowest BCUT2D eigenvalue weighted by Gasteiger charge is -2.37. The van der Waals surface area contributed by atoms with Crippen LogP contribution in [0.25, 0.3) is 0 Å². The molecule has 1 atom stereocenters. The number of fused-ring (bicyclic) bond motifs is 6. The zero-order valence-corrected chi connectivity index (χ0v) is 22.0. The van der Waals surface area contributed by atoms with Crippen molar-refractivity contribution in [3.8, 4) is 11.5 Å². The molecule has 0 saturated carbocycles. The normalized spacial score (nSPS) is 17.2. The number of halogens is 3. The predicted molar refractivity (Wildman–Crippen MR) is 146 cm³/mol. The van der Waals surface area contributed by atoms with Crippen LogP contribution in [0.1, 0.15) is 52.0 Å². The van der Waals surface area contributed by atoms with E-state index in [0.29, 0.717) is 45.1 Å². The van der Waals surface area contributed by atoms with Crippen molar-refractivity contribution in [2.75, 3.05) is 18.4 Å². The van der Waals surface area contributed by atoms with Gasteiger partial charge in [0.15, 0.2) is 5.60 Å². The summed E-state index contributed by atoms with van der Waals surface area (Å²) in [6.07, 6.45) is -4.41. The number of carbonyl (C=O) groups is 1. The van der Waals surface area contributed by atoms with E-state index in [1.54, 1.807) is 24.3 Å². The summed E-state index contributed by atoms with van der Waals surface area (Å²) >= 11 is 0. The van der Waals surface area contributed by atoms with E-state index in [1.807, 2.05) is 36.4 Å². The fourth-order valence-corrected chi connectivity index (χ4v) is 5.51. The van der Waals surface area contributed by atoms with Crippen molar-refractivity contribution >= 4 is 17.3 Å². The molecule has 0 aliphatic carbocycles. The van der Waals surface area contributed by atoms with Crippen molar-refractivity contribution in [3.05, 3.63) is 118 Å². The van der Waals surface area contributed by atoms with E-state index in [1.165, 1.54) is 12.1 Å². The highest BCUT2D eigenvalue weighted by atomic mass is 19.4. The Kier molecular flexibility index (Phi) is 6.30. The van der Waals surface area contributed by atoms with Gasteiger partial charge in [0.05, 0.1) is 11.1 Å². The van der Waals surface area contributed by atoms with Crippen LogP contribution in [-0.2, 0) is 23.1 Å². The SMILES string of the molecule is CCN(CC)Cc1ccc2c(c1)Oc1ccc(Nc3ccc(C(F)(F)F)cc3)cc1C21OC(=O)c2ccccc21. The molecule has 2 heterocycles. The smallest absolute Gasteiger partial charge is 0.416 e. The first-order chi connectivity index (χ1) is 19.2. The second-order valence-electron chi connectivity index (χ2n) is 9.92. The Labute approximate surface area is 230 Å². The van der Waals surface area contributed by atoms with E-state index in [0.717, 1.165) is 37.3 Å². The largest absolute Gasteiger partial charge is 0.456 e. The van der Waals surface area contributed by atoms with Gasteiger partial charge >= 0.3 is 12.1 Å². The Morgan fingerprint density at radius 1 is 0.800 bits per heavy atom. The molecule has 0 bridgehead atoms. The molecule has 0 radical (unpaired) electrons. The quantitative estimate of drug-likeness (QED) is 0.251. The summed E-state index contributed by atoms with van der Waals surface area (Å²) in [7, 11) is 0. The number of alkyl halides is 3. The maximum absolute atomic E-state index is 13.2. The minimum atomic E-state index is -4.41. The first-order valence-electron chi connectivity index (χ1n) is 13.2. The lowest BCUT2D eigenvalue weighted by Crippen LogP contribution is -2.33. The highest BCUT2D eigenvalue weighted by Crippen LogP contribution is 2.56. The lowest BCUT2D eigenvalue weighted by molar-refractivity contribution is -0.137. The molecule has 0 aromatic heterocycles. The molecule has 0 amide bonds. The maximum Gasteiger partial charge on any atom is 0.416 e. The zero-order chi connectivity index (χ0) is 28.1. The van der Waals surface area contributed by atoms with Crippen LogP contribution in [0, 0.1) is 0 Å². The molecule has 4 aromatic carbocycles. The first kappa shape index (κ1) is 26.0. The summed E-state index contributed by atoms with van der Waals surface area (Å²) in [5, 5.41) is 3.17. The first-order valence-corrected chi connectivity index (χ1v) is 13.2. The minimum absolute atomic E-state index is 0.428. The van der Waals surface area contributed by atoms with Gasteiger partial charge in [0.1, 0.15) is 11.5 Å². The Morgan fingerprint density at radius 2 is 1.52 bits per heavy atom. The standard InChI is InChI=1S/C32H27F3N2O3/c1-3-37(4-2)19-20-9-15-26-29(17-20)39-28-16-14-23(36-22-12-10-21(11-13-22)32(33,34)35)18-27(28)31(26)25-8-6-5-7-24(25)30(38)40-31/h5-18,36H,3-4,19H2,1-2H3. The van der Waals surface area contributed by atoms with Crippen LogP contribution in [0.15, 0.2) is 84.9 Å². The number of hydrogen-bond acceptors (Lipinski definition) is 5. The molecule has 5 nitrogen and oxygen atoms in total. The number of rotatable bonds is 6. The van der Waals surface area contributed by atoms with Gasteiger partial charge in [-0.1, -0.05) is 44.2 Å². The van der Waals surface area contributed by atoms with Gasteiger partial charge < -0.3 is 14.8 Å². The number of benzene rings is 4. The predicted octanol–water partition coefficient (Wildman–Crippen LogP) is 7.86. The Balaban J connectivity index is 1.45. The third-order valence-corrected chi connectivity index (χ3v) is 7.58. The number of ether oxygens (including phenoxy) is 2. The van der Waals surface area contributed by atoms with Gasteiger partial charge in [-0.05, 0) is 73.3 Å². The van der Waals surface area contributed by atoms with Crippen LogP contribution in [-0.4, -0.2) is 24.0 Å². The maximum atomic E-state index is 13.2. The van der Waals surface area contributed by atoms with Crippen molar-refractivity contribution < 1.29 is 27.4 Å². The van der Waals surface area contributed by atoms with Gasteiger partial charge in [-0.15, -0.1) is 0 Å². The van der Waals surface area contributed by atoms with Crippen molar-refractivity contribution in [2.45, 2.75) is 32.2 Å². The van der Waals surface area contributed by atoms with Crippen LogP contribution in [0.5, 0.6) is 11.5 Å². The molecular formula is C32H27F3N2O3. The van der Waals surface area contributed by atoms with E-state index < -0.39 is 23.3 Å². The van der Waals surface area contributed by atoms with Crippen molar-refractivity contribution in [2.24, 2.45) is 0 Å². The molecule has 6 rings (SSSR count). The highest BCUT2D eigenvalue weighted by Gasteiger charge is 2.53. The molecule has 2 aliphatic rings. The molecule has 1 unspecified atom stereocenters. The van der Waals surface area contributed by atoms with Crippen molar-refractivity contribution in [3.63, 3.8) is 0 Å². The third-order valence-electron chi connectivity index (χ3n) is 7.58. The molecule has 1 N–H and O–H groups in total. The summed E-state index contributed by atoms with van der Waals surface area (Å²) < 4.78 is 51.7. The summed E-state index contributed by atoms with van der Waals surface area (Å²) in [5.74, 6) is 0.725. The van der Waals surface area contributed by atoms with Crippen LogP contribution >= 0.6 is 0 Å². The van der Waals surface area contributed by atoms with Crippen LogP contribution in [0.4, 0.5) is 24.5 Å². The van der Waals surface area contributed by atoms with Crippen LogP contribution in [0.2, 0.25) is 0 Å². The Morgan fingerprint density at radius 3 is 2.25 bits per heavy atom. The summed E-state index contributed by atoms with van der Waals surface area (Å²) in [5.41, 5.74) is 2.78. The lowest BCUT2D eigenvalue weighted by atomic mass is 9.77. The summed E-state index contributed by atoms with van der Waals surface area (Å²) in [4.78, 5) is 15.5. The summed E-state index contributed by atoms with van der Waals surface area (Å²) in [6, 6.07) is 23.5. The fourth-order valence-electron chi connectivity index (χ4n) is 5.51. The number of anilines is 2. The van der Waals surface area contributed by atoms with E-state index in [2.05, 4.69) is 24.1 Å². The van der Waals surface area contributed by atoms with Crippen LogP contribution in [0.3, 0.4) is 0 Å². The number of nitrogens with zero attached hydrogens (tertiary/aromatic N) is 1. The molecular weight excluding hydrogens is 517 g/mol. The van der Waals surface area contributed by atoms with E-state index in [-0.39, 0.29) is 0 Å². The van der Waals surface area contributed by atoms with Crippen molar-refractivity contribution in [1.29, 1.82) is 0 Å². The van der Waals surface area contributed by atoms with Crippen LogP contribution < -0.4 is 10.1 Å². The second-order valence-corrected chi connectivity index (χ2v) is 9.92. The topological polar surface area (TPSA) is 50.8 Å². The van der Waals surface area contributed by atoms with Gasteiger partial charge in [0.2, 0.25) is 0 Å². The molecule has 8 heteroatoms. The van der Waals surface area contributed by atoms with Gasteiger partial charge in [0, 0.05) is 34.6 Å². The Bertz CT molecular complexity index is 1600. The molecule has 2 aliphatic heterocycles. The van der Waals surface area contributed by atoms with E-state index in [9.17, 15) is 18.0 Å². The molecule has 0 saturated heterocycles. The molecule has 40 heavy (non-hydrogen) atoms. The number of nitrogens with one attached hydrogen (secondary N) is 1. The van der Waals surface area contributed by atoms with Gasteiger partial charge in [-0.2, -0.15) is 13.2 Å². The van der Waals surface area contributed by atoms with E-state index >= 15 is 0 Å². The number of hydrogen-bond donors (Lipinski definition) is 1. The molecule has 0 fully saturated rings.